The molecule has 90 valence electrons. The van der Waals surface area contributed by atoms with Gasteiger partial charge in [-0.3, -0.25) is 9.78 Å². The van der Waals surface area contributed by atoms with Crippen molar-refractivity contribution in [2.75, 3.05) is 0 Å². The van der Waals surface area contributed by atoms with Gasteiger partial charge >= 0.3 is 0 Å². The SMILES string of the molecule is CC.CC(C)CC(=O)c1ccc(CN)cn1. The topological polar surface area (TPSA) is 56.0 Å². The van der Waals surface area contributed by atoms with E-state index in [0.717, 1.165) is 5.56 Å². The van der Waals surface area contributed by atoms with Gasteiger partial charge < -0.3 is 5.73 Å². The molecule has 0 aliphatic heterocycles. The zero-order chi connectivity index (χ0) is 12.6. The number of pyridine rings is 1. The molecule has 3 heteroatoms. The van der Waals surface area contributed by atoms with Crippen molar-refractivity contribution in [1.82, 2.24) is 4.98 Å². The minimum absolute atomic E-state index is 0.101. The summed E-state index contributed by atoms with van der Waals surface area (Å²) in [7, 11) is 0. The fraction of sp³-hybridized carbons (Fsp3) is 0.538. The summed E-state index contributed by atoms with van der Waals surface area (Å²) in [6.07, 6.45) is 2.21. The zero-order valence-electron chi connectivity index (χ0n) is 10.7. The van der Waals surface area contributed by atoms with Gasteiger partial charge in [0.05, 0.1) is 0 Å². The van der Waals surface area contributed by atoms with Gasteiger partial charge in [0.15, 0.2) is 5.78 Å². The largest absolute Gasteiger partial charge is 0.326 e. The molecule has 1 rings (SSSR count). The Bertz CT molecular complexity index is 304. The lowest BCUT2D eigenvalue weighted by Gasteiger charge is -2.03. The molecule has 0 fully saturated rings. The smallest absolute Gasteiger partial charge is 0.181 e. The zero-order valence-corrected chi connectivity index (χ0v) is 10.7. The molecule has 0 spiro atoms. The average molecular weight is 222 g/mol. The van der Waals surface area contributed by atoms with Crippen molar-refractivity contribution in [1.29, 1.82) is 0 Å². The first-order valence-corrected chi connectivity index (χ1v) is 5.81. The van der Waals surface area contributed by atoms with Crippen molar-refractivity contribution in [3.63, 3.8) is 0 Å². The molecule has 16 heavy (non-hydrogen) atoms. The monoisotopic (exact) mass is 222 g/mol. The Balaban J connectivity index is 0.00000106. The van der Waals surface area contributed by atoms with E-state index in [4.69, 9.17) is 5.73 Å². The highest BCUT2D eigenvalue weighted by molar-refractivity contribution is 5.94. The molecule has 0 aliphatic carbocycles. The quantitative estimate of drug-likeness (QED) is 0.797. The number of ketones is 1. The Labute approximate surface area is 98.1 Å². The van der Waals surface area contributed by atoms with Crippen LogP contribution in [0.3, 0.4) is 0 Å². The summed E-state index contributed by atoms with van der Waals surface area (Å²) < 4.78 is 0. The maximum absolute atomic E-state index is 11.6. The highest BCUT2D eigenvalue weighted by atomic mass is 16.1. The predicted octanol–water partition coefficient (Wildman–Crippen LogP) is 2.80. The Morgan fingerprint density at radius 2 is 2.00 bits per heavy atom. The van der Waals surface area contributed by atoms with Crippen LogP contribution in [0.5, 0.6) is 0 Å². The van der Waals surface area contributed by atoms with Gasteiger partial charge in [-0.2, -0.15) is 0 Å². The van der Waals surface area contributed by atoms with Crippen LogP contribution in [0.25, 0.3) is 0 Å². The molecule has 0 amide bonds. The summed E-state index contributed by atoms with van der Waals surface area (Å²) in [6.45, 7) is 8.50. The second kappa shape index (κ2) is 7.99. The molecule has 2 N–H and O–H groups in total. The van der Waals surface area contributed by atoms with Crippen LogP contribution < -0.4 is 5.73 Å². The average Bonchev–Trinajstić information content (AvgIpc) is 2.31. The van der Waals surface area contributed by atoms with E-state index in [-0.39, 0.29) is 5.78 Å². The van der Waals surface area contributed by atoms with Crippen molar-refractivity contribution in [2.45, 2.75) is 40.7 Å². The number of nitrogens with zero attached hydrogens (tertiary/aromatic N) is 1. The number of carbonyl (C=O) groups excluding carboxylic acids is 1. The van der Waals surface area contributed by atoms with Gasteiger partial charge in [0.2, 0.25) is 0 Å². The van der Waals surface area contributed by atoms with Crippen LogP contribution in [0.1, 0.15) is 50.2 Å². The molecule has 0 aliphatic rings. The highest BCUT2D eigenvalue weighted by Gasteiger charge is 2.08. The minimum Gasteiger partial charge on any atom is -0.326 e. The molecular formula is C13H22N2O. The minimum atomic E-state index is 0.101. The first kappa shape index (κ1) is 14.8. The third-order valence-electron chi connectivity index (χ3n) is 1.94. The van der Waals surface area contributed by atoms with Gasteiger partial charge in [-0.25, -0.2) is 0 Å². The molecule has 0 unspecified atom stereocenters. The van der Waals surface area contributed by atoms with E-state index in [9.17, 15) is 4.79 Å². The maximum atomic E-state index is 11.6. The number of hydrogen-bond donors (Lipinski definition) is 1. The number of rotatable bonds is 4. The third-order valence-corrected chi connectivity index (χ3v) is 1.94. The summed E-state index contributed by atoms with van der Waals surface area (Å²) in [5, 5.41) is 0. The molecular weight excluding hydrogens is 200 g/mol. The first-order valence-electron chi connectivity index (χ1n) is 5.81. The van der Waals surface area contributed by atoms with Crippen molar-refractivity contribution in [2.24, 2.45) is 11.7 Å². The number of Topliss-reactive ketones (excluding diaryl/α,β-unsaturated/α-hetero) is 1. The van der Waals surface area contributed by atoms with Gasteiger partial charge in [0.25, 0.3) is 0 Å². The van der Waals surface area contributed by atoms with E-state index >= 15 is 0 Å². The molecule has 0 radical (unpaired) electrons. The molecule has 1 heterocycles. The number of nitrogens with two attached hydrogens (primary N) is 1. The van der Waals surface area contributed by atoms with Gasteiger partial charge in [0, 0.05) is 19.2 Å². The van der Waals surface area contributed by atoms with Crippen LogP contribution in [0.15, 0.2) is 18.3 Å². The van der Waals surface area contributed by atoms with E-state index in [1.807, 2.05) is 33.8 Å². The molecule has 1 aromatic rings. The van der Waals surface area contributed by atoms with E-state index < -0.39 is 0 Å². The predicted molar refractivity (Wildman–Crippen MR) is 67.3 cm³/mol. The van der Waals surface area contributed by atoms with Crippen molar-refractivity contribution in [3.05, 3.63) is 29.6 Å². The van der Waals surface area contributed by atoms with Gasteiger partial charge in [-0.05, 0) is 17.5 Å². The van der Waals surface area contributed by atoms with E-state index in [0.29, 0.717) is 24.6 Å². The Kier molecular flexibility index (Phi) is 7.38. The first-order chi connectivity index (χ1) is 7.63. The van der Waals surface area contributed by atoms with Gasteiger partial charge in [-0.15, -0.1) is 0 Å². The van der Waals surface area contributed by atoms with E-state index in [2.05, 4.69) is 4.98 Å². The Hall–Kier alpha value is -1.22. The highest BCUT2D eigenvalue weighted by Crippen LogP contribution is 2.07. The summed E-state index contributed by atoms with van der Waals surface area (Å²) >= 11 is 0. The lowest BCUT2D eigenvalue weighted by molar-refractivity contribution is 0.0963. The molecule has 0 saturated carbocycles. The van der Waals surface area contributed by atoms with Crippen LogP contribution in [0.4, 0.5) is 0 Å². The standard InChI is InChI=1S/C11H16N2O.C2H6/c1-8(2)5-11(14)10-4-3-9(6-12)7-13-10;1-2/h3-4,7-8H,5-6,12H2,1-2H3;1-2H3. The number of carbonyl (C=O) groups is 1. The Morgan fingerprint density at radius 1 is 1.38 bits per heavy atom. The second-order valence-corrected chi connectivity index (χ2v) is 3.78. The molecule has 1 aromatic heterocycles. The maximum Gasteiger partial charge on any atom is 0.181 e. The van der Waals surface area contributed by atoms with E-state index in [1.165, 1.54) is 0 Å². The number of hydrogen-bond acceptors (Lipinski definition) is 3. The normalized spacial score (nSPS) is 9.62. The molecule has 0 saturated heterocycles. The lowest BCUT2D eigenvalue weighted by Crippen LogP contribution is -2.06. The van der Waals surface area contributed by atoms with Crippen LogP contribution in [-0.2, 0) is 6.54 Å². The summed E-state index contributed by atoms with van der Waals surface area (Å²) in [4.78, 5) is 15.6. The lowest BCUT2D eigenvalue weighted by atomic mass is 10.0. The van der Waals surface area contributed by atoms with Crippen LogP contribution in [-0.4, -0.2) is 10.8 Å². The van der Waals surface area contributed by atoms with Crippen LogP contribution >= 0.6 is 0 Å². The van der Waals surface area contributed by atoms with Gasteiger partial charge in [-0.1, -0.05) is 33.8 Å². The summed E-state index contributed by atoms with van der Waals surface area (Å²) in [6, 6.07) is 3.59. The van der Waals surface area contributed by atoms with Gasteiger partial charge in [0.1, 0.15) is 5.69 Å². The van der Waals surface area contributed by atoms with Crippen molar-refractivity contribution < 1.29 is 4.79 Å². The molecule has 0 bridgehead atoms. The molecule has 3 nitrogen and oxygen atoms in total. The molecule has 0 atom stereocenters. The number of aromatic nitrogens is 1. The second-order valence-electron chi connectivity index (χ2n) is 3.78. The van der Waals surface area contributed by atoms with E-state index in [1.54, 1.807) is 12.3 Å². The third kappa shape index (κ3) is 5.03. The van der Waals surface area contributed by atoms with Crippen LogP contribution in [0.2, 0.25) is 0 Å². The molecule has 0 aromatic carbocycles. The van der Waals surface area contributed by atoms with Crippen molar-refractivity contribution >= 4 is 5.78 Å². The van der Waals surface area contributed by atoms with Crippen LogP contribution in [0, 0.1) is 5.92 Å². The fourth-order valence-electron chi connectivity index (χ4n) is 1.19. The van der Waals surface area contributed by atoms with Crippen molar-refractivity contribution in [3.8, 4) is 0 Å². The summed E-state index contributed by atoms with van der Waals surface area (Å²) in [5.74, 6) is 0.474. The Morgan fingerprint density at radius 3 is 2.38 bits per heavy atom. The summed E-state index contributed by atoms with van der Waals surface area (Å²) in [5.41, 5.74) is 6.92. The fourth-order valence-corrected chi connectivity index (χ4v) is 1.19.